The van der Waals surface area contributed by atoms with Crippen LogP contribution in [-0.2, 0) is 137 Å². The summed E-state index contributed by atoms with van der Waals surface area (Å²) in [6.07, 6.45) is 6.37. The number of aromatic nitrogens is 6. The topological polar surface area (TPSA) is 643 Å². The van der Waals surface area contributed by atoms with Crippen molar-refractivity contribution < 1.29 is 140 Å². The number of carboxylic acids is 4. The van der Waals surface area contributed by atoms with E-state index in [1.807, 2.05) is 0 Å². The minimum atomic E-state index is -5.21. The quantitative estimate of drug-likeness (QED) is 0.0179. The molecule has 0 spiro atoms. The third-order valence-corrected chi connectivity index (χ3v) is 26.6. The molecule has 1 aliphatic heterocycles. The number of hydrogen-bond acceptors (Lipinski definition) is 28. The summed E-state index contributed by atoms with van der Waals surface area (Å²) in [7, 11) is -14.1. The fourth-order valence-corrected chi connectivity index (χ4v) is 19.9. The van der Waals surface area contributed by atoms with Crippen LogP contribution in [0.3, 0.4) is 0 Å². The molecule has 1 aliphatic rings. The maximum absolute atomic E-state index is 15.0. The van der Waals surface area contributed by atoms with Crippen LogP contribution < -0.4 is 62.8 Å². The summed E-state index contributed by atoms with van der Waals surface area (Å²) in [5.41, 5.74) is 2.21. The number of aromatic amines is 2. The van der Waals surface area contributed by atoms with Gasteiger partial charge in [0, 0.05) is 192 Å². The van der Waals surface area contributed by atoms with Gasteiger partial charge in [-0.1, -0.05) is 54.4 Å². The van der Waals surface area contributed by atoms with Gasteiger partial charge in [-0.15, -0.1) is 0 Å². The minimum Gasteiger partial charge on any atom is -0.480 e. The Kier molecular flexibility index (Phi) is 40.4. The van der Waals surface area contributed by atoms with Crippen LogP contribution in [0.15, 0.2) is 117 Å². The Morgan fingerprint density at radius 2 is 0.897 bits per heavy atom. The number of amides is 6. The van der Waals surface area contributed by atoms with E-state index in [1.165, 1.54) is 54.9 Å². The second kappa shape index (κ2) is 50.2. The van der Waals surface area contributed by atoms with Crippen LogP contribution in [-0.4, -0.2) is 304 Å². The SMILES string of the molecule is CC[C@H](NC(=O)CC[C@H](NC(=O)CN1CCN(CC(=O)O)CCN(CC(=O)O)CCN(CC(=O)O)CC1)C(=O)N[C@@H](CS(=O)(=O)O)C(=O)CCCn1cc(C(=O)NCC(NS(=O)(=O)c2c(C)cc(C)cc2C)C(C)=O)c(=O)c2ccc(CNc3ncc[nH]3)cc21)C(=O)NCCCn1cc(C(=O)NCC(NS(=O)(=O)c2c(C)cc(C)cc2C)C(=O)O)c(=O)c2ccc(CNc3ncc[nH]3)cc21.[Y]. The molecule has 0 bridgehead atoms. The maximum atomic E-state index is 15.0. The first-order valence-electron chi connectivity index (χ1n) is 43.2. The molecule has 4 aromatic carbocycles. The molecule has 0 saturated carbocycles. The molecule has 17 N–H and O–H groups in total. The van der Waals surface area contributed by atoms with Crippen molar-refractivity contribution in [2.24, 2.45) is 0 Å². The number of carbonyl (C=O) groups is 12. The molecular formula is C87H114N20O25S3Y. The number of carbonyl (C=O) groups excluding carboxylic acids is 8. The standard InChI is InChI=1S/C87H114N20O25S3.Y/c1-9-64(83(122)88-19-11-25-107-45-63(78(119)61-16-14-59(39-70(61)107)41-96-87-91-22-23-92-87)82(121)94-43-67(85(124)125)101-135(131,132)80-55(6)36-52(3)37-56(80)7)97-72(110)18-17-65(98-73(111)46-102-26-28-103(47-74(112)113)30-32-105(49-76(116)117)33-31-104(29-27-102)48-75(114)115)84(123)99-68(50-133(126,127)128)71(109)12-10-24-106-44-62(77(118)60-15-13-58(38-69(60)106)40-95-86-89-20-21-90-86)81(120)93-42-66(57(8)108)100-134(129,130)79-53(4)34-51(2)35-54(79)5;/h13-16,20-23,34-39,44-45,64-68,100-101H,9-12,17-19,24-33,40-43,46-50H2,1-8H3,(H,88,122)(H,93,120)(H,94,121)(H,97,110)(H,98,111)(H,99,123)(H,112,113)(H,114,115)(H,116,117)(H,124,125)(H2,89,90,95)(H2,91,92,96)(H,126,127,128);/t64-,65-,66?,67?,68-;/m0./s1. The number of sulfonamides is 2. The molecule has 8 aromatic rings. The van der Waals surface area contributed by atoms with Crippen molar-refractivity contribution in [2.75, 3.05) is 115 Å². The van der Waals surface area contributed by atoms with Gasteiger partial charge in [-0.3, -0.25) is 91.3 Å². The molecular weight excluding hydrogens is 1910 g/mol. The average molecular weight is 2030 g/mol. The molecule has 1 radical (unpaired) electrons. The smallest absolute Gasteiger partial charge is 0.323 e. The summed E-state index contributed by atoms with van der Waals surface area (Å²) >= 11 is 0. The number of Topliss-reactive ketones (excluding diaryl/α,β-unsaturated/α-hetero) is 2. The van der Waals surface area contributed by atoms with Crippen LogP contribution in [0.4, 0.5) is 11.9 Å². The number of nitrogens with one attached hydrogen (secondary N) is 12. The summed E-state index contributed by atoms with van der Waals surface area (Å²) < 4.78 is 98.8. The monoisotopic (exact) mass is 2020 g/mol. The number of carboxylic acid groups (broad SMARTS) is 4. The number of nitrogens with zero attached hydrogens (tertiary/aromatic N) is 8. The number of anilines is 2. The van der Waals surface area contributed by atoms with Gasteiger partial charge in [-0.05, 0) is 132 Å². The molecule has 733 valence electrons. The molecule has 6 amide bonds. The maximum Gasteiger partial charge on any atom is 0.323 e. The van der Waals surface area contributed by atoms with Crippen LogP contribution in [0.1, 0.15) is 118 Å². The third-order valence-electron chi connectivity index (χ3n) is 22.3. The first kappa shape index (κ1) is 109. The molecule has 1 saturated heterocycles. The number of aliphatic carboxylic acids is 4. The van der Waals surface area contributed by atoms with Gasteiger partial charge in [0.1, 0.15) is 46.8 Å². The molecule has 4 aromatic heterocycles. The number of imidazole rings is 2. The predicted molar refractivity (Wildman–Crippen MR) is 493 cm³/mol. The molecule has 45 nitrogen and oxygen atoms in total. The minimum absolute atomic E-state index is 0. The molecule has 0 aliphatic carbocycles. The molecule has 2 unspecified atom stereocenters. The average Bonchev–Trinajstić information content (AvgIpc) is 0.802. The van der Waals surface area contributed by atoms with Gasteiger partial charge in [0.15, 0.2) is 17.7 Å². The number of fused-ring (bicyclic) bond motifs is 2. The summed E-state index contributed by atoms with van der Waals surface area (Å²) in [6.45, 7) is 8.60. The summed E-state index contributed by atoms with van der Waals surface area (Å²) in [5.74, 6) is -13.7. The van der Waals surface area contributed by atoms with E-state index in [9.17, 15) is 117 Å². The number of pyridine rings is 2. The summed E-state index contributed by atoms with van der Waals surface area (Å²) in [5, 5.41) is 61.0. The largest absolute Gasteiger partial charge is 0.480 e. The Morgan fingerprint density at radius 1 is 0.485 bits per heavy atom. The van der Waals surface area contributed by atoms with Gasteiger partial charge < -0.3 is 82.1 Å². The fraction of sp³-hybridized carbons (Fsp3) is 0.448. The van der Waals surface area contributed by atoms with Crippen LogP contribution in [0.5, 0.6) is 0 Å². The number of aryl methyl sites for hydroxylation is 8. The van der Waals surface area contributed by atoms with E-state index in [2.05, 4.69) is 71.9 Å². The second-order valence-electron chi connectivity index (χ2n) is 33.1. The van der Waals surface area contributed by atoms with E-state index < -0.39 is 218 Å². The second-order valence-corrected chi connectivity index (χ2v) is 37.9. The molecule has 136 heavy (non-hydrogen) atoms. The number of H-pyrrole nitrogens is 2. The predicted octanol–water partition coefficient (Wildman–Crippen LogP) is 0.226. The van der Waals surface area contributed by atoms with Crippen molar-refractivity contribution >= 4 is 135 Å². The fourth-order valence-electron chi connectivity index (χ4n) is 15.9. The van der Waals surface area contributed by atoms with E-state index in [0.29, 0.717) is 50.8 Å². The van der Waals surface area contributed by atoms with Gasteiger partial charge in [0.2, 0.25) is 54.5 Å². The summed E-state index contributed by atoms with van der Waals surface area (Å²) in [4.78, 5) is 211. The van der Waals surface area contributed by atoms with E-state index >= 15 is 0 Å². The number of rotatable bonds is 48. The van der Waals surface area contributed by atoms with Crippen LogP contribution in [0.25, 0.3) is 21.8 Å². The zero-order valence-corrected chi connectivity index (χ0v) is 81.6. The zero-order chi connectivity index (χ0) is 98.9. The Labute approximate surface area is 808 Å². The zero-order valence-electron chi connectivity index (χ0n) is 76.3. The van der Waals surface area contributed by atoms with Crippen LogP contribution >= 0.6 is 0 Å². The van der Waals surface area contributed by atoms with Crippen molar-refractivity contribution in [1.82, 2.24) is 90.0 Å². The third kappa shape index (κ3) is 32.4. The van der Waals surface area contributed by atoms with Crippen molar-refractivity contribution in [1.29, 1.82) is 0 Å². The molecule has 49 heteroatoms. The summed E-state index contributed by atoms with van der Waals surface area (Å²) in [6, 6.07) is 7.18. The molecule has 5 heterocycles. The Bertz CT molecular complexity index is 6140. The van der Waals surface area contributed by atoms with Gasteiger partial charge in [0.05, 0.1) is 53.0 Å². The van der Waals surface area contributed by atoms with Crippen molar-refractivity contribution in [3.05, 3.63) is 174 Å². The van der Waals surface area contributed by atoms with Crippen LogP contribution in [0.2, 0.25) is 0 Å². The Hall–Kier alpha value is -12.0. The first-order valence-corrected chi connectivity index (χ1v) is 47.8. The van der Waals surface area contributed by atoms with Gasteiger partial charge in [0.25, 0.3) is 21.9 Å². The van der Waals surface area contributed by atoms with E-state index in [1.54, 1.807) is 114 Å². The normalized spacial score (nSPS) is 14.5. The molecule has 5 atom stereocenters. The first-order chi connectivity index (χ1) is 63.7. The van der Waals surface area contributed by atoms with Gasteiger partial charge >= 0.3 is 23.9 Å². The molecule has 1 fully saturated rings. The van der Waals surface area contributed by atoms with Crippen molar-refractivity contribution in [3.63, 3.8) is 0 Å². The van der Waals surface area contributed by atoms with E-state index in [4.69, 9.17) is 0 Å². The van der Waals surface area contributed by atoms with Gasteiger partial charge in [-0.2, -0.15) is 17.9 Å². The van der Waals surface area contributed by atoms with E-state index in [-0.39, 0.29) is 163 Å². The number of benzene rings is 4. The van der Waals surface area contributed by atoms with Crippen LogP contribution in [0, 0.1) is 41.5 Å². The number of hydrogen-bond donors (Lipinski definition) is 17. The number of ketones is 2. The van der Waals surface area contributed by atoms with Crippen molar-refractivity contribution in [2.45, 2.75) is 160 Å². The Balaban J connectivity index is 0.0000227. The van der Waals surface area contributed by atoms with Gasteiger partial charge in [-0.25, -0.2) is 26.8 Å². The Morgan fingerprint density at radius 3 is 1.29 bits per heavy atom. The van der Waals surface area contributed by atoms with E-state index in [0.717, 1.165) is 24.2 Å². The van der Waals surface area contributed by atoms with Crippen molar-refractivity contribution in [3.8, 4) is 0 Å². The molecule has 9 rings (SSSR count).